The minimum Gasteiger partial charge on any atom is -0.497 e. The molecule has 10 heteroatoms. The second kappa shape index (κ2) is 13.8. The molecule has 1 heterocycles. The summed E-state index contributed by atoms with van der Waals surface area (Å²) >= 11 is 0. The summed E-state index contributed by atoms with van der Waals surface area (Å²) in [5.41, 5.74) is 0.900. The van der Waals surface area contributed by atoms with Crippen molar-refractivity contribution in [1.82, 2.24) is 30.7 Å². The number of nitrogens with zero attached hydrogens (tertiary/aromatic N) is 4. The van der Waals surface area contributed by atoms with Crippen molar-refractivity contribution in [2.75, 3.05) is 33.3 Å². The summed E-state index contributed by atoms with van der Waals surface area (Å²) < 4.78 is 5.17. The maximum Gasteiger partial charge on any atom is 0.224 e. The summed E-state index contributed by atoms with van der Waals surface area (Å²) in [5, 5.41) is 13.5. The van der Waals surface area contributed by atoms with Crippen molar-refractivity contribution < 1.29 is 9.53 Å². The van der Waals surface area contributed by atoms with E-state index in [1.54, 1.807) is 7.11 Å². The number of aromatic amines is 1. The molecule has 0 saturated heterocycles. The summed E-state index contributed by atoms with van der Waals surface area (Å²) in [6, 6.07) is 7.56. The van der Waals surface area contributed by atoms with Crippen molar-refractivity contribution in [3.63, 3.8) is 0 Å². The van der Waals surface area contributed by atoms with Crippen LogP contribution in [0, 0.1) is 0 Å². The zero-order valence-corrected chi connectivity index (χ0v) is 20.4. The fraction of sp³-hybridized carbons (Fsp3) is 0.500. The molecule has 1 amide bonds. The monoisotopic (exact) mass is 529 g/mol. The number of rotatable bonds is 10. The van der Waals surface area contributed by atoms with E-state index in [9.17, 15) is 4.79 Å². The predicted molar refractivity (Wildman–Crippen MR) is 129 cm³/mol. The number of carbonyl (C=O) groups excluding carboxylic acids is 1. The molecule has 30 heavy (non-hydrogen) atoms. The molecule has 0 spiro atoms. The van der Waals surface area contributed by atoms with Crippen LogP contribution < -0.4 is 15.4 Å². The number of nitrogens with one attached hydrogen (secondary N) is 3. The first-order valence-electron chi connectivity index (χ1n) is 9.96. The molecule has 9 nitrogen and oxygen atoms in total. The van der Waals surface area contributed by atoms with Gasteiger partial charge in [0.25, 0.3) is 0 Å². The number of hydrogen-bond donors (Lipinski definition) is 3. The van der Waals surface area contributed by atoms with Gasteiger partial charge in [-0.2, -0.15) is 5.10 Å². The molecular formula is C20H32IN7O2. The van der Waals surface area contributed by atoms with Crippen molar-refractivity contribution in [2.45, 2.75) is 33.7 Å². The van der Waals surface area contributed by atoms with Crippen LogP contribution in [0.1, 0.15) is 33.0 Å². The van der Waals surface area contributed by atoms with Crippen LogP contribution >= 0.6 is 24.0 Å². The normalized spacial score (nSPS) is 10.9. The molecule has 0 aliphatic rings. The number of methoxy groups -OCH3 is 1. The molecule has 1 aromatic heterocycles. The largest absolute Gasteiger partial charge is 0.497 e. The van der Waals surface area contributed by atoms with Crippen LogP contribution in [0.2, 0.25) is 0 Å². The van der Waals surface area contributed by atoms with E-state index in [1.807, 2.05) is 49.9 Å². The molecule has 1 aromatic carbocycles. The number of halogens is 1. The van der Waals surface area contributed by atoms with Crippen LogP contribution in [0.4, 0.5) is 0 Å². The van der Waals surface area contributed by atoms with Crippen molar-refractivity contribution in [1.29, 1.82) is 0 Å². The number of benzene rings is 1. The number of H-pyrrole nitrogens is 1. The number of aliphatic imine (C=N–C) groups is 1. The summed E-state index contributed by atoms with van der Waals surface area (Å²) in [6.45, 7) is 9.02. The Morgan fingerprint density at radius 3 is 2.47 bits per heavy atom. The number of ether oxygens (including phenoxy) is 1. The van der Waals surface area contributed by atoms with E-state index in [1.165, 1.54) is 0 Å². The lowest BCUT2D eigenvalue weighted by molar-refractivity contribution is -0.130. The maximum atomic E-state index is 12.1. The molecule has 0 aliphatic carbocycles. The smallest absolute Gasteiger partial charge is 0.224 e. The van der Waals surface area contributed by atoms with Gasteiger partial charge in [0, 0.05) is 38.2 Å². The molecule has 0 fully saturated rings. The number of aromatic nitrogens is 3. The van der Waals surface area contributed by atoms with E-state index in [4.69, 9.17) is 4.74 Å². The van der Waals surface area contributed by atoms with Crippen LogP contribution in [0.3, 0.4) is 0 Å². The van der Waals surface area contributed by atoms with E-state index < -0.39 is 0 Å². The Morgan fingerprint density at radius 2 is 1.87 bits per heavy atom. The molecule has 0 saturated carbocycles. The van der Waals surface area contributed by atoms with Crippen LogP contribution in [0.5, 0.6) is 5.75 Å². The van der Waals surface area contributed by atoms with E-state index in [0.29, 0.717) is 37.1 Å². The van der Waals surface area contributed by atoms with E-state index in [0.717, 1.165) is 30.9 Å². The Morgan fingerprint density at radius 1 is 1.17 bits per heavy atom. The van der Waals surface area contributed by atoms with Crippen LogP contribution in [-0.2, 0) is 11.3 Å². The van der Waals surface area contributed by atoms with E-state index in [-0.39, 0.29) is 29.9 Å². The molecule has 2 rings (SSSR count). The van der Waals surface area contributed by atoms with Crippen LogP contribution in [0.15, 0.2) is 29.3 Å². The van der Waals surface area contributed by atoms with Gasteiger partial charge in [-0.3, -0.25) is 9.89 Å². The molecule has 166 valence electrons. The molecular weight excluding hydrogens is 497 g/mol. The van der Waals surface area contributed by atoms with Gasteiger partial charge in [-0.25, -0.2) is 9.98 Å². The lowest BCUT2D eigenvalue weighted by Gasteiger charge is -2.19. The first-order chi connectivity index (χ1) is 14.1. The SMILES string of the molecule is CCNC(=NCc1nc(-c2ccc(OC)cc2)n[nH]1)NCCC(=O)N(CC)CC.I. The minimum atomic E-state index is 0. The van der Waals surface area contributed by atoms with Crippen molar-refractivity contribution in [3.8, 4) is 17.1 Å². The topological polar surface area (TPSA) is 108 Å². The van der Waals surface area contributed by atoms with Gasteiger partial charge < -0.3 is 20.3 Å². The fourth-order valence-electron chi connectivity index (χ4n) is 2.75. The molecule has 0 bridgehead atoms. The van der Waals surface area contributed by atoms with Gasteiger partial charge >= 0.3 is 0 Å². The second-order valence-corrected chi connectivity index (χ2v) is 6.27. The van der Waals surface area contributed by atoms with Gasteiger partial charge in [-0.15, -0.1) is 24.0 Å². The standard InChI is InChI=1S/C20H31N7O2.HI/c1-5-21-20(22-13-12-18(28)27(6-2)7-3)23-14-17-24-19(26-25-17)15-8-10-16(29-4)11-9-15;/h8-11H,5-7,12-14H2,1-4H3,(H2,21,22,23)(H,24,25,26);1H. The third-order valence-corrected chi connectivity index (χ3v) is 4.36. The fourth-order valence-corrected chi connectivity index (χ4v) is 2.75. The Balaban J connectivity index is 0.00000450. The lowest BCUT2D eigenvalue weighted by atomic mass is 10.2. The average Bonchev–Trinajstić information content (AvgIpc) is 3.22. The number of carbonyl (C=O) groups is 1. The number of hydrogen-bond acceptors (Lipinski definition) is 5. The average molecular weight is 529 g/mol. The van der Waals surface area contributed by atoms with Gasteiger partial charge in [0.15, 0.2) is 11.8 Å². The Kier molecular flexibility index (Phi) is 11.8. The Hall–Kier alpha value is -2.37. The quantitative estimate of drug-likeness (QED) is 0.248. The first kappa shape index (κ1) is 25.7. The van der Waals surface area contributed by atoms with Crippen molar-refractivity contribution >= 4 is 35.8 Å². The highest BCUT2D eigenvalue weighted by atomic mass is 127. The number of guanidine groups is 1. The van der Waals surface area contributed by atoms with Gasteiger partial charge in [0.05, 0.1) is 7.11 Å². The van der Waals surface area contributed by atoms with Gasteiger partial charge in [-0.05, 0) is 45.0 Å². The molecule has 0 atom stereocenters. The van der Waals surface area contributed by atoms with E-state index >= 15 is 0 Å². The highest BCUT2D eigenvalue weighted by molar-refractivity contribution is 14.0. The third-order valence-electron chi connectivity index (χ3n) is 4.36. The zero-order valence-electron chi connectivity index (χ0n) is 18.1. The van der Waals surface area contributed by atoms with Crippen LogP contribution in [0.25, 0.3) is 11.4 Å². The predicted octanol–water partition coefficient (Wildman–Crippen LogP) is 2.41. The molecule has 2 aromatic rings. The molecule has 3 N–H and O–H groups in total. The van der Waals surface area contributed by atoms with Gasteiger partial charge in [0.2, 0.25) is 5.91 Å². The summed E-state index contributed by atoms with van der Waals surface area (Å²) in [6.07, 6.45) is 0.427. The lowest BCUT2D eigenvalue weighted by Crippen LogP contribution is -2.40. The molecule has 0 aliphatic heterocycles. The first-order valence-corrected chi connectivity index (χ1v) is 9.96. The maximum absolute atomic E-state index is 12.1. The molecule has 0 unspecified atom stereocenters. The molecule has 0 radical (unpaired) electrons. The number of amides is 1. The summed E-state index contributed by atoms with van der Waals surface area (Å²) in [5.74, 6) is 2.84. The second-order valence-electron chi connectivity index (χ2n) is 6.27. The van der Waals surface area contributed by atoms with Crippen molar-refractivity contribution in [2.24, 2.45) is 4.99 Å². The van der Waals surface area contributed by atoms with Crippen molar-refractivity contribution in [3.05, 3.63) is 30.1 Å². The highest BCUT2D eigenvalue weighted by Crippen LogP contribution is 2.18. The van der Waals surface area contributed by atoms with E-state index in [2.05, 4.69) is 30.8 Å². The highest BCUT2D eigenvalue weighted by Gasteiger charge is 2.10. The summed E-state index contributed by atoms with van der Waals surface area (Å²) in [7, 11) is 1.63. The zero-order chi connectivity index (χ0) is 21.1. The van der Waals surface area contributed by atoms with Crippen LogP contribution in [-0.4, -0.2) is 65.2 Å². The summed E-state index contributed by atoms with van der Waals surface area (Å²) in [4.78, 5) is 22.9. The van der Waals surface area contributed by atoms with Gasteiger partial charge in [-0.1, -0.05) is 0 Å². The van der Waals surface area contributed by atoms with Gasteiger partial charge in [0.1, 0.15) is 18.1 Å². The third kappa shape index (κ3) is 7.81. The Bertz CT molecular complexity index is 789. The minimum absolute atomic E-state index is 0. The Labute approximate surface area is 195 Å².